The number of nitrogens with zero attached hydrogens (tertiary/aromatic N) is 4. The molecular weight excluding hydrogens is 258 g/mol. The number of benzene rings is 1. The van der Waals surface area contributed by atoms with E-state index in [2.05, 4.69) is 10.3 Å². The van der Waals surface area contributed by atoms with Crippen molar-refractivity contribution >= 4 is 5.69 Å². The van der Waals surface area contributed by atoms with Gasteiger partial charge in [0.25, 0.3) is 5.69 Å². The maximum absolute atomic E-state index is 10.9. The normalized spacial score (nSPS) is 10.7. The first-order valence-electron chi connectivity index (χ1n) is 6.49. The quantitative estimate of drug-likeness (QED) is 0.492. The van der Waals surface area contributed by atoms with Gasteiger partial charge < -0.3 is 5.73 Å². The molecule has 0 aliphatic rings. The Morgan fingerprint density at radius 1 is 1.40 bits per heavy atom. The van der Waals surface area contributed by atoms with Crippen molar-refractivity contribution < 1.29 is 4.92 Å². The van der Waals surface area contributed by atoms with Crippen LogP contribution in [0.4, 0.5) is 5.69 Å². The molecule has 2 aromatic rings. The van der Waals surface area contributed by atoms with Crippen LogP contribution in [0, 0.1) is 17.0 Å². The van der Waals surface area contributed by atoms with Gasteiger partial charge >= 0.3 is 0 Å². The van der Waals surface area contributed by atoms with Gasteiger partial charge in [0.05, 0.1) is 28.1 Å². The van der Waals surface area contributed by atoms with E-state index in [4.69, 9.17) is 5.73 Å². The lowest BCUT2D eigenvalue weighted by atomic mass is 10.1. The van der Waals surface area contributed by atoms with Gasteiger partial charge in [0.2, 0.25) is 0 Å². The molecule has 0 fully saturated rings. The molecule has 1 aromatic heterocycles. The largest absolute Gasteiger partial charge is 0.330 e. The molecule has 0 aliphatic carbocycles. The maximum Gasteiger partial charge on any atom is 0.274 e. The Kier molecular flexibility index (Phi) is 4.41. The molecule has 0 unspecified atom stereocenters. The molecule has 2 rings (SSSR count). The molecule has 0 saturated heterocycles. The molecule has 1 heterocycles. The van der Waals surface area contributed by atoms with Crippen LogP contribution in [0.15, 0.2) is 24.4 Å². The van der Waals surface area contributed by atoms with Crippen molar-refractivity contribution in [3.05, 3.63) is 45.8 Å². The number of hydrogen-bond acceptors (Lipinski definition) is 5. The number of rotatable bonds is 6. The summed E-state index contributed by atoms with van der Waals surface area (Å²) in [6.45, 7) is 2.38. The van der Waals surface area contributed by atoms with Gasteiger partial charge in [-0.15, -0.1) is 5.10 Å². The Bertz CT molecular complexity index is 609. The van der Waals surface area contributed by atoms with E-state index in [-0.39, 0.29) is 5.69 Å². The molecular formula is C13H17N5O2. The van der Waals surface area contributed by atoms with Crippen molar-refractivity contribution in [2.24, 2.45) is 5.73 Å². The second-order valence-corrected chi connectivity index (χ2v) is 4.58. The van der Waals surface area contributed by atoms with Crippen molar-refractivity contribution in [1.29, 1.82) is 0 Å². The molecule has 106 valence electrons. The second-order valence-electron chi connectivity index (χ2n) is 4.58. The van der Waals surface area contributed by atoms with E-state index in [1.54, 1.807) is 23.7 Å². The summed E-state index contributed by atoms with van der Waals surface area (Å²) in [7, 11) is 0. The molecule has 2 N–H and O–H groups in total. The number of nitrogens with two attached hydrogens (primary N) is 1. The fourth-order valence-electron chi connectivity index (χ4n) is 2.04. The van der Waals surface area contributed by atoms with Crippen LogP contribution in [-0.2, 0) is 6.42 Å². The van der Waals surface area contributed by atoms with Crippen molar-refractivity contribution in [3.8, 4) is 5.69 Å². The molecule has 20 heavy (non-hydrogen) atoms. The van der Waals surface area contributed by atoms with Crippen molar-refractivity contribution in [3.63, 3.8) is 0 Å². The van der Waals surface area contributed by atoms with E-state index < -0.39 is 4.92 Å². The first-order chi connectivity index (χ1) is 9.63. The highest BCUT2D eigenvalue weighted by molar-refractivity contribution is 5.52. The lowest BCUT2D eigenvalue weighted by molar-refractivity contribution is -0.385. The fraction of sp³-hybridized carbons (Fsp3) is 0.385. The molecule has 0 atom stereocenters. The fourth-order valence-corrected chi connectivity index (χ4v) is 2.04. The summed E-state index contributed by atoms with van der Waals surface area (Å²) >= 11 is 0. The predicted molar refractivity (Wildman–Crippen MR) is 74.7 cm³/mol. The summed E-state index contributed by atoms with van der Waals surface area (Å²) in [4.78, 5) is 10.5. The third-order valence-electron chi connectivity index (χ3n) is 3.15. The van der Waals surface area contributed by atoms with Gasteiger partial charge in [-0.25, -0.2) is 4.68 Å². The summed E-state index contributed by atoms with van der Waals surface area (Å²) < 4.78 is 1.58. The van der Waals surface area contributed by atoms with Crippen LogP contribution in [0.2, 0.25) is 0 Å². The molecule has 0 amide bonds. The van der Waals surface area contributed by atoms with Gasteiger partial charge in [-0.1, -0.05) is 11.3 Å². The number of nitro benzene ring substituents is 1. The molecule has 0 radical (unpaired) electrons. The molecule has 7 heteroatoms. The number of nitro groups is 1. The molecule has 0 aliphatic heterocycles. The van der Waals surface area contributed by atoms with E-state index >= 15 is 0 Å². The van der Waals surface area contributed by atoms with Crippen molar-refractivity contribution in [2.75, 3.05) is 6.54 Å². The molecule has 0 bridgehead atoms. The monoisotopic (exact) mass is 275 g/mol. The van der Waals surface area contributed by atoms with E-state index in [0.29, 0.717) is 17.8 Å². The smallest absolute Gasteiger partial charge is 0.274 e. The van der Waals surface area contributed by atoms with Crippen LogP contribution in [0.5, 0.6) is 0 Å². The minimum absolute atomic E-state index is 0.0858. The van der Waals surface area contributed by atoms with Crippen molar-refractivity contribution in [2.45, 2.75) is 26.2 Å². The van der Waals surface area contributed by atoms with Gasteiger partial charge in [0, 0.05) is 6.07 Å². The first-order valence-corrected chi connectivity index (χ1v) is 6.49. The maximum atomic E-state index is 10.9. The van der Waals surface area contributed by atoms with Crippen LogP contribution < -0.4 is 5.73 Å². The van der Waals surface area contributed by atoms with E-state index in [0.717, 1.165) is 25.0 Å². The van der Waals surface area contributed by atoms with Gasteiger partial charge in [0.1, 0.15) is 0 Å². The zero-order valence-corrected chi connectivity index (χ0v) is 11.3. The first kappa shape index (κ1) is 14.1. The predicted octanol–water partition coefficient (Wildman–Crippen LogP) is 1.77. The summed E-state index contributed by atoms with van der Waals surface area (Å²) in [5.41, 5.74) is 7.66. The summed E-state index contributed by atoms with van der Waals surface area (Å²) in [5, 5.41) is 19.1. The number of aromatic nitrogens is 3. The Hall–Kier alpha value is -2.28. The topological polar surface area (TPSA) is 99.9 Å². The minimum Gasteiger partial charge on any atom is -0.330 e. The van der Waals surface area contributed by atoms with Gasteiger partial charge in [-0.05, 0) is 38.8 Å². The van der Waals surface area contributed by atoms with E-state index in [9.17, 15) is 10.1 Å². The van der Waals surface area contributed by atoms with Crippen LogP contribution in [0.1, 0.15) is 24.1 Å². The molecule has 0 spiro atoms. The molecule has 0 saturated carbocycles. The van der Waals surface area contributed by atoms with E-state index in [1.165, 1.54) is 6.07 Å². The highest BCUT2D eigenvalue weighted by atomic mass is 16.6. The minimum atomic E-state index is -0.391. The summed E-state index contributed by atoms with van der Waals surface area (Å²) in [6.07, 6.45) is 4.53. The van der Waals surface area contributed by atoms with E-state index in [1.807, 2.05) is 6.20 Å². The van der Waals surface area contributed by atoms with Gasteiger partial charge in [-0.2, -0.15) is 0 Å². The Labute approximate surface area is 116 Å². The average molecular weight is 275 g/mol. The van der Waals surface area contributed by atoms with Crippen LogP contribution in [0.25, 0.3) is 5.69 Å². The van der Waals surface area contributed by atoms with Crippen LogP contribution >= 0.6 is 0 Å². The highest BCUT2D eigenvalue weighted by Crippen LogP contribution is 2.23. The number of aryl methyl sites for hydroxylation is 1. The second kappa shape index (κ2) is 6.25. The zero-order chi connectivity index (χ0) is 14.5. The molecule has 1 aromatic carbocycles. The molecule has 7 nitrogen and oxygen atoms in total. The van der Waals surface area contributed by atoms with Crippen LogP contribution in [-0.4, -0.2) is 26.5 Å². The third-order valence-corrected chi connectivity index (χ3v) is 3.15. The lowest BCUT2D eigenvalue weighted by Crippen LogP contribution is -2.01. The van der Waals surface area contributed by atoms with Gasteiger partial charge in [-0.3, -0.25) is 10.1 Å². The van der Waals surface area contributed by atoms with Gasteiger partial charge in [0.15, 0.2) is 0 Å². The van der Waals surface area contributed by atoms with Crippen molar-refractivity contribution in [1.82, 2.24) is 15.0 Å². The SMILES string of the molecule is Cc1c(-n2cc(CCCCN)nn2)cccc1[N+](=O)[O-]. The summed E-state index contributed by atoms with van der Waals surface area (Å²) in [5.74, 6) is 0. The third kappa shape index (κ3) is 3.00. The Morgan fingerprint density at radius 3 is 2.90 bits per heavy atom. The lowest BCUT2D eigenvalue weighted by Gasteiger charge is -2.04. The Morgan fingerprint density at radius 2 is 2.20 bits per heavy atom. The number of unbranched alkanes of at least 4 members (excludes halogenated alkanes) is 1. The Balaban J connectivity index is 2.24. The van der Waals surface area contributed by atoms with Crippen LogP contribution in [0.3, 0.4) is 0 Å². The highest BCUT2D eigenvalue weighted by Gasteiger charge is 2.15. The zero-order valence-electron chi connectivity index (χ0n) is 11.3. The number of hydrogen-bond donors (Lipinski definition) is 1. The summed E-state index contributed by atoms with van der Waals surface area (Å²) in [6, 6.07) is 4.93. The standard InChI is InChI=1S/C13H17N5O2/c1-10-12(6-4-7-13(10)18(19)20)17-9-11(15-16-17)5-2-3-8-14/h4,6-7,9H,2-3,5,8,14H2,1H3. The average Bonchev–Trinajstić information content (AvgIpc) is 2.87.